The molecular formula is C12H23N3O2. The molecule has 0 bridgehead atoms. The zero-order valence-electron chi connectivity index (χ0n) is 10.7. The summed E-state index contributed by atoms with van der Waals surface area (Å²) in [5, 5.41) is 2.93. The van der Waals surface area contributed by atoms with Crippen LogP contribution in [0.25, 0.3) is 0 Å². The Morgan fingerprint density at radius 1 is 1.35 bits per heavy atom. The number of carbonyl (C=O) groups is 2. The highest BCUT2D eigenvalue weighted by Crippen LogP contribution is 2.23. The molecule has 3 N–H and O–H groups in total. The molecule has 1 aliphatic rings. The van der Waals surface area contributed by atoms with Crippen molar-refractivity contribution in [1.29, 1.82) is 0 Å². The third-order valence-electron chi connectivity index (χ3n) is 3.41. The summed E-state index contributed by atoms with van der Waals surface area (Å²) in [6, 6.07) is 0.186. The molecule has 0 aromatic rings. The number of hydrogen-bond donors (Lipinski definition) is 2. The number of carbonyl (C=O) groups excluding carboxylic acids is 2. The van der Waals surface area contributed by atoms with Gasteiger partial charge in [-0.15, -0.1) is 0 Å². The fourth-order valence-electron chi connectivity index (χ4n) is 2.61. The molecule has 0 spiro atoms. The number of nitrogens with one attached hydrogen (secondary N) is 1. The normalized spacial score (nSPS) is 24.2. The van der Waals surface area contributed by atoms with Crippen molar-refractivity contribution in [3.05, 3.63) is 0 Å². The Hall–Kier alpha value is -1.10. The van der Waals surface area contributed by atoms with E-state index >= 15 is 0 Å². The highest BCUT2D eigenvalue weighted by Gasteiger charge is 2.31. The van der Waals surface area contributed by atoms with Crippen molar-refractivity contribution in [3.8, 4) is 0 Å². The minimum atomic E-state index is -0.137. The maximum atomic E-state index is 11.6. The lowest BCUT2D eigenvalue weighted by atomic mass is 9.89. The van der Waals surface area contributed by atoms with Crippen LogP contribution in [0, 0.1) is 0 Å². The molecule has 1 fully saturated rings. The van der Waals surface area contributed by atoms with Crippen molar-refractivity contribution in [2.24, 2.45) is 5.73 Å². The number of likely N-dealkylation sites (N-methyl/N-ethyl adjacent to an activating group) is 1. The second kappa shape index (κ2) is 6.59. The molecule has 0 heterocycles. The molecule has 2 amide bonds. The van der Waals surface area contributed by atoms with E-state index in [0.29, 0.717) is 6.54 Å². The number of nitrogens with two attached hydrogens (primary N) is 1. The van der Waals surface area contributed by atoms with Gasteiger partial charge in [0.25, 0.3) is 0 Å². The van der Waals surface area contributed by atoms with E-state index in [2.05, 4.69) is 5.32 Å². The van der Waals surface area contributed by atoms with Crippen LogP contribution in [0.2, 0.25) is 0 Å². The number of nitrogens with zero attached hydrogens (tertiary/aromatic N) is 1. The first kappa shape index (κ1) is 14.0. The lowest BCUT2D eigenvalue weighted by Crippen LogP contribution is -2.55. The highest BCUT2D eigenvalue weighted by atomic mass is 16.2. The fourth-order valence-corrected chi connectivity index (χ4v) is 2.61. The van der Waals surface area contributed by atoms with Crippen LogP contribution in [0.1, 0.15) is 39.5 Å². The summed E-state index contributed by atoms with van der Waals surface area (Å²) < 4.78 is 0. The standard InChI is InChI=1S/C12H23N3O2/c1-3-15(9(2)16)11-7-5-4-6-10(11)14-12(17)8-13/h10-11H,3-8,13H2,1-2H3,(H,14,17)/t10-,11-/m0/s1. The summed E-state index contributed by atoms with van der Waals surface area (Å²) in [4.78, 5) is 24.8. The lowest BCUT2D eigenvalue weighted by molar-refractivity contribution is -0.133. The van der Waals surface area contributed by atoms with Gasteiger partial charge in [-0.05, 0) is 19.8 Å². The minimum Gasteiger partial charge on any atom is -0.350 e. The van der Waals surface area contributed by atoms with E-state index in [1.165, 1.54) is 0 Å². The van der Waals surface area contributed by atoms with Gasteiger partial charge in [-0.1, -0.05) is 12.8 Å². The van der Waals surface area contributed by atoms with Gasteiger partial charge in [0.15, 0.2) is 0 Å². The van der Waals surface area contributed by atoms with Crippen molar-refractivity contribution < 1.29 is 9.59 Å². The van der Waals surface area contributed by atoms with E-state index in [9.17, 15) is 9.59 Å². The van der Waals surface area contributed by atoms with Crippen LogP contribution in [0.3, 0.4) is 0 Å². The van der Waals surface area contributed by atoms with Crippen LogP contribution in [0.5, 0.6) is 0 Å². The smallest absolute Gasteiger partial charge is 0.234 e. The summed E-state index contributed by atoms with van der Waals surface area (Å²) >= 11 is 0. The average Bonchev–Trinajstić information content (AvgIpc) is 2.31. The van der Waals surface area contributed by atoms with Crippen molar-refractivity contribution >= 4 is 11.8 Å². The molecule has 1 rings (SSSR count). The predicted octanol–water partition coefficient (Wildman–Crippen LogP) is 0.241. The second-order valence-electron chi connectivity index (χ2n) is 4.53. The largest absolute Gasteiger partial charge is 0.350 e. The molecule has 0 unspecified atom stereocenters. The summed E-state index contributed by atoms with van der Waals surface area (Å²) in [6.07, 6.45) is 4.11. The third-order valence-corrected chi connectivity index (χ3v) is 3.41. The molecule has 17 heavy (non-hydrogen) atoms. The van der Waals surface area contributed by atoms with Gasteiger partial charge in [-0.2, -0.15) is 0 Å². The van der Waals surface area contributed by atoms with Crippen molar-refractivity contribution in [3.63, 3.8) is 0 Å². The molecular weight excluding hydrogens is 218 g/mol. The van der Waals surface area contributed by atoms with Crippen LogP contribution in [0.4, 0.5) is 0 Å². The number of rotatable bonds is 4. The maximum Gasteiger partial charge on any atom is 0.234 e. The SMILES string of the molecule is CCN(C(C)=O)[C@H]1CCCC[C@@H]1NC(=O)CN. The van der Waals surface area contributed by atoms with E-state index < -0.39 is 0 Å². The van der Waals surface area contributed by atoms with Crippen LogP contribution in [-0.4, -0.2) is 41.9 Å². The average molecular weight is 241 g/mol. The zero-order valence-corrected chi connectivity index (χ0v) is 10.7. The topological polar surface area (TPSA) is 75.4 Å². The molecule has 2 atom stereocenters. The Kier molecular flexibility index (Phi) is 5.41. The molecule has 98 valence electrons. The molecule has 1 saturated carbocycles. The quantitative estimate of drug-likeness (QED) is 0.740. The van der Waals surface area contributed by atoms with Gasteiger partial charge >= 0.3 is 0 Å². The van der Waals surface area contributed by atoms with E-state index in [4.69, 9.17) is 5.73 Å². The van der Waals surface area contributed by atoms with Gasteiger partial charge in [0, 0.05) is 19.5 Å². The van der Waals surface area contributed by atoms with Gasteiger partial charge in [0.2, 0.25) is 11.8 Å². The number of hydrogen-bond acceptors (Lipinski definition) is 3. The Labute approximate surface area is 103 Å². The summed E-state index contributed by atoms with van der Waals surface area (Å²) in [7, 11) is 0. The molecule has 1 aliphatic carbocycles. The zero-order chi connectivity index (χ0) is 12.8. The first-order valence-electron chi connectivity index (χ1n) is 6.36. The van der Waals surface area contributed by atoms with Gasteiger partial charge in [0.1, 0.15) is 0 Å². The molecule has 0 aromatic carbocycles. The van der Waals surface area contributed by atoms with Crippen molar-refractivity contribution in [2.75, 3.05) is 13.1 Å². The monoisotopic (exact) mass is 241 g/mol. The molecule has 0 aromatic heterocycles. The molecule has 0 saturated heterocycles. The first-order valence-corrected chi connectivity index (χ1v) is 6.36. The van der Waals surface area contributed by atoms with Gasteiger partial charge in [-0.3, -0.25) is 9.59 Å². The Bertz CT molecular complexity index is 281. The lowest BCUT2D eigenvalue weighted by Gasteiger charge is -2.39. The molecule has 0 aliphatic heterocycles. The summed E-state index contributed by atoms with van der Waals surface area (Å²) in [5.74, 6) is -0.0621. The summed E-state index contributed by atoms with van der Waals surface area (Å²) in [5.41, 5.74) is 5.31. The van der Waals surface area contributed by atoms with Crippen LogP contribution >= 0.6 is 0 Å². The van der Waals surface area contributed by atoms with Gasteiger partial charge in [-0.25, -0.2) is 0 Å². The first-order chi connectivity index (χ1) is 8.10. The Morgan fingerprint density at radius 2 is 2.00 bits per heavy atom. The van der Waals surface area contributed by atoms with E-state index in [1.807, 2.05) is 11.8 Å². The van der Waals surface area contributed by atoms with Crippen LogP contribution < -0.4 is 11.1 Å². The van der Waals surface area contributed by atoms with E-state index in [1.54, 1.807) is 6.92 Å². The molecule has 0 radical (unpaired) electrons. The maximum absolute atomic E-state index is 11.6. The van der Waals surface area contributed by atoms with E-state index in [0.717, 1.165) is 25.7 Å². The molecule has 5 heteroatoms. The van der Waals surface area contributed by atoms with Gasteiger partial charge in [0.05, 0.1) is 12.6 Å². The Balaban J connectivity index is 2.70. The Morgan fingerprint density at radius 3 is 2.53 bits per heavy atom. The number of amides is 2. The van der Waals surface area contributed by atoms with Crippen LogP contribution in [0.15, 0.2) is 0 Å². The van der Waals surface area contributed by atoms with Crippen LogP contribution in [-0.2, 0) is 9.59 Å². The van der Waals surface area contributed by atoms with Gasteiger partial charge < -0.3 is 16.0 Å². The van der Waals surface area contributed by atoms with E-state index in [-0.39, 0.29) is 30.4 Å². The fraction of sp³-hybridized carbons (Fsp3) is 0.833. The third kappa shape index (κ3) is 3.70. The highest BCUT2D eigenvalue weighted by molar-refractivity contribution is 5.78. The molecule has 5 nitrogen and oxygen atoms in total. The second-order valence-corrected chi connectivity index (χ2v) is 4.53. The van der Waals surface area contributed by atoms with Crippen molar-refractivity contribution in [1.82, 2.24) is 10.2 Å². The summed E-state index contributed by atoms with van der Waals surface area (Å²) in [6.45, 7) is 4.25. The van der Waals surface area contributed by atoms with Crippen molar-refractivity contribution in [2.45, 2.75) is 51.6 Å². The minimum absolute atomic E-state index is 0.00934. The predicted molar refractivity (Wildman–Crippen MR) is 66.3 cm³/mol.